The Morgan fingerprint density at radius 2 is 1.57 bits per heavy atom. The van der Waals surface area contributed by atoms with Crippen LogP contribution in [0, 0.1) is 0 Å². The number of halogens is 2. The van der Waals surface area contributed by atoms with Crippen molar-refractivity contribution in [3.05, 3.63) is 0 Å². The summed E-state index contributed by atoms with van der Waals surface area (Å²) in [5.74, 6) is 0. The second-order valence-corrected chi connectivity index (χ2v) is 2.29. The van der Waals surface area contributed by atoms with E-state index in [-0.39, 0.29) is 0 Å². The fourth-order valence-electron chi connectivity index (χ4n) is 0. The number of hydrogen-bond donors (Lipinski definition) is 0. The fourth-order valence-corrected chi connectivity index (χ4v) is 0. The molecule has 7 heavy (non-hydrogen) atoms. The smallest absolute Gasteiger partial charge is 0.262 e. The lowest BCUT2D eigenvalue weighted by molar-refractivity contribution is -0.324. The maximum absolute atomic E-state index is 10.7. The molecule has 0 aromatic rings. The van der Waals surface area contributed by atoms with Crippen LogP contribution >= 0.6 is 7.60 Å². The van der Waals surface area contributed by atoms with E-state index >= 15 is 0 Å². The zero-order chi connectivity index (χ0) is 6.08. The molecule has 0 saturated carbocycles. The standard InChI is InChI=1S/CH3F2O3P/c2-1(3)7(4,5)6/h1H,(H2,4,5,6)/p-2. The molecule has 0 aliphatic rings. The normalized spacial score (nSPS) is 12.7. The molecule has 0 amide bonds. The van der Waals surface area contributed by atoms with Crippen molar-refractivity contribution in [1.82, 2.24) is 0 Å². The maximum Gasteiger partial charge on any atom is 0.262 e. The minimum Gasteiger partial charge on any atom is -0.807 e. The van der Waals surface area contributed by atoms with Crippen LogP contribution in [0.2, 0.25) is 0 Å². The summed E-state index contributed by atoms with van der Waals surface area (Å²) in [5.41, 5.74) is 0. The number of hydrogen-bond acceptors (Lipinski definition) is 3. The predicted octanol–water partition coefficient (Wildman–Crippen LogP) is -0.877. The van der Waals surface area contributed by atoms with Gasteiger partial charge in [0.1, 0.15) is 0 Å². The minimum absolute atomic E-state index is 3.76. The quantitative estimate of drug-likeness (QED) is 0.433. The van der Waals surface area contributed by atoms with Crippen molar-refractivity contribution >= 4 is 7.60 Å². The summed E-state index contributed by atoms with van der Waals surface area (Å²) in [6, 6.07) is 0. The van der Waals surface area contributed by atoms with Crippen LogP contribution in [0.25, 0.3) is 0 Å². The molecule has 6 heteroatoms. The summed E-state index contributed by atoms with van der Waals surface area (Å²) in [6.45, 7) is 0. The Morgan fingerprint density at radius 3 is 1.57 bits per heavy atom. The van der Waals surface area contributed by atoms with Gasteiger partial charge in [-0.25, -0.2) is 8.78 Å². The van der Waals surface area contributed by atoms with Crippen molar-refractivity contribution in [2.24, 2.45) is 0 Å². The molecule has 3 nitrogen and oxygen atoms in total. The second-order valence-electron chi connectivity index (χ2n) is 0.817. The highest BCUT2D eigenvalue weighted by molar-refractivity contribution is 7.49. The van der Waals surface area contributed by atoms with Crippen molar-refractivity contribution in [1.29, 1.82) is 0 Å². The van der Waals surface area contributed by atoms with E-state index in [0.717, 1.165) is 0 Å². The van der Waals surface area contributed by atoms with E-state index < -0.39 is 13.8 Å². The van der Waals surface area contributed by atoms with Crippen LogP contribution in [0.3, 0.4) is 0 Å². The Balaban J connectivity index is 3.80. The highest BCUT2D eigenvalue weighted by Gasteiger charge is 2.04. The van der Waals surface area contributed by atoms with Gasteiger partial charge in [-0.3, -0.25) is 0 Å². The molecule has 0 aliphatic carbocycles. The van der Waals surface area contributed by atoms with Gasteiger partial charge in [0.25, 0.3) is 6.17 Å². The van der Waals surface area contributed by atoms with Gasteiger partial charge < -0.3 is 14.4 Å². The first-order valence-corrected chi connectivity index (χ1v) is 2.85. The highest BCUT2D eigenvalue weighted by Crippen LogP contribution is 2.32. The van der Waals surface area contributed by atoms with Crippen LogP contribution in [-0.2, 0) is 4.57 Å². The van der Waals surface area contributed by atoms with Crippen LogP contribution in [-0.4, -0.2) is 6.17 Å². The van der Waals surface area contributed by atoms with Crippen molar-refractivity contribution in [2.45, 2.75) is 6.17 Å². The Kier molecular flexibility index (Phi) is 1.86. The summed E-state index contributed by atoms with van der Waals surface area (Å²) in [7, 11) is -5.57. The highest BCUT2D eigenvalue weighted by atomic mass is 31.2. The third kappa shape index (κ3) is 2.68. The molecule has 0 aromatic carbocycles. The molecular weight excluding hydrogens is 129 g/mol. The molecule has 0 N–H and O–H groups in total. The Hall–Kier alpha value is 0.01000. The van der Waals surface area contributed by atoms with Gasteiger partial charge in [-0.05, 0) is 0 Å². The van der Waals surface area contributed by atoms with Crippen molar-refractivity contribution < 1.29 is 23.1 Å². The lowest BCUT2D eigenvalue weighted by Crippen LogP contribution is -2.19. The van der Waals surface area contributed by atoms with Gasteiger partial charge in [0.15, 0.2) is 0 Å². The van der Waals surface area contributed by atoms with Crippen LogP contribution in [0.1, 0.15) is 0 Å². The van der Waals surface area contributed by atoms with Crippen LogP contribution in [0.4, 0.5) is 8.78 Å². The summed E-state index contributed by atoms with van der Waals surface area (Å²) in [6.07, 6.45) is -3.76. The van der Waals surface area contributed by atoms with Gasteiger partial charge in [-0.1, -0.05) is 0 Å². The van der Waals surface area contributed by atoms with E-state index in [0.29, 0.717) is 0 Å². The first kappa shape index (κ1) is 7.01. The van der Waals surface area contributed by atoms with Crippen LogP contribution in [0.5, 0.6) is 0 Å². The molecule has 0 saturated heterocycles. The third-order valence-corrected chi connectivity index (χ3v) is 0.717. The molecule has 0 aromatic heterocycles. The number of alkyl halides is 2. The molecule has 0 atom stereocenters. The van der Waals surface area contributed by atoms with Crippen molar-refractivity contribution in [3.63, 3.8) is 0 Å². The van der Waals surface area contributed by atoms with Gasteiger partial charge >= 0.3 is 0 Å². The predicted molar refractivity (Wildman–Crippen MR) is 13.6 cm³/mol. The Morgan fingerprint density at radius 1 is 1.43 bits per heavy atom. The number of rotatable bonds is 1. The zero-order valence-corrected chi connectivity index (χ0v) is 3.90. The molecule has 0 heterocycles. The average Bonchev–Trinajstić information content (AvgIpc) is 1.31. The first-order chi connectivity index (χ1) is 2.94. The third-order valence-electron chi connectivity index (χ3n) is 0.239. The van der Waals surface area contributed by atoms with Crippen LogP contribution in [0.15, 0.2) is 0 Å². The molecule has 44 valence electrons. The SMILES string of the molecule is O=P([O-])([O-])C(F)F. The molecule has 0 radical (unpaired) electrons. The average molecular weight is 130 g/mol. The minimum atomic E-state index is -5.57. The molecule has 0 fully saturated rings. The van der Waals surface area contributed by atoms with Gasteiger partial charge in [0.2, 0.25) is 0 Å². The van der Waals surface area contributed by atoms with E-state index in [2.05, 4.69) is 0 Å². The topological polar surface area (TPSA) is 63.2 Å². The lowest BCUT2D eigenvalue weighted by atomic mass is 11.7. The summed E-state index contributed by atoms with van der Waals surface area (Å²) in [4.78, 5) is 18.1. The Bertz CT molecular complexity index is 95.1. The maximum atomic E-state index is 10.7. The van der Waals surface area contributed by atoms with E-state index in [1.165, 1.54) is 0 Å². The molecule has 0 bridgehead atoms. The van der Waals surface area contributed by atoms with Gasteiger partial charge in [-0.2, -0.15) is 0 Å². The molecule has 0 rings (SSSR count). The first-order valence-electron chi connectivity index (χ1n) is 1.24. The second kappa shape index (κ2) is 1.86. The summed E-state index contributed by atoms with van der Waals surface area (Å²) >= 11 is 0. The van der Waals surface area contributed by atoms with E-state index in [1.807, 2.05) is 0 Å². The zero-order valence-electron chi connectivity index (χ0n) is 3.01. The van der Waals surface area contributed by atoms with Crippen molar-refractivity contribution in [3.8, 4) is 0 Å². The van der Waals surface area contributed by atoms with Gasteiger partial charge in [0, 0.05) is 7.60 Å². The van der Waals surface area contributed by atoms with E-state index in [4.69, 9.17) is 14.4 Å². The van der Waals surface area contributed by atoms with Gasteiger partial charge in [-0.15, -0.1) is 0 Å². The molecule has 0 unspecified atom stereocenters. The largest absolute Gasteiger partial charge is 0.807 e. The Labute approximate surface area is 38.1 Å². The monoisotopic (exact) mass is 130 g/mol. The molecular formula is CHF2O3P-2. The van der Waals surface area contributed by atoms with E-state index in [1.54, 1.807) is 0 Å². The van der Waals surface area contributed by atoms with Crippen molar-refractivity contribution in [2.75, 3.05) is 0 Å². The van der Waals surface area contributed by atoms with Gasteiger partial charge in [0.05, 0.1) is 0 Å². The molecule has 0 aliphatic heterocycles. The van der Waals surface area contributed by atoms with E-state index in [9.17, 15) is 8.78 Å². The fraction of sp³-hybridized carbons (Fsp3) is 1.00. The van der Waals surface area contributed by atoms with Crippen LogP contribution < -0.4 is 9.79 Å². The molecule has 0 spiro atoms. The summed E-state index contributed by atoms with van der Waals surface area (Å²) < 4.78 is 30.4. The lowest BCUT2D eigenvalue weighted by Gasteiger charge is -2.27. The summed E-state index contributed by atoms with van der Waals surface area (Å²) in [5, 5.41) is 0.